The number of nitrogens with zero attached hydrogens (tertiary/aromatic N) is 1. The van der Waals surface area contributed by atoms with Crippen LogP contribution < -0.4 is 15.5 Å². The first-order valence-electron chi connectivity index (χ1n) is 6.66. The number of anilines is 2. The van der Waals surface area contributed by atoms with Crippen LogP contribution in [0.2, 0.25) is 0 Å². The maximum atomic E-state index is 11.6. The van der Waals surface area contributed by atoms with Gasteiger partial charge in [-0.15, -0.1) is 0 Å². The van der Waals surface area contributed by atoms with Gasteiger partial charge in [-0.2, -0.15) is 0 Å². The molecule has 1 atom stereocenters. The third kappa shape index (κ3) is 2.72. The van der Waals surface area contributed by atoms with Crippen molar-refractivity contribution in [2.75, 3.05) is 34.8 Å². The zero-order valence-electron chi connectivity index (χ0n) is 11.0. The SMILES string of the molecule is O=C1NCCN1c1cccc(NC2CCS(=O)(=O)C2)c1. The highest BCUT2D eigenvalue weighted by molar-refractivity contribution is 7.91. The van der Waals surface area contributed by atoms with E-state index in [9.17, 15) is 13.2 Å². The Morgan fingerprint density at radius 2 is 2.20 bits per heavy atom. The van der Waals surface area contributed by atoms with Gasteiger partial charge in [-0.3, -0.25) is 4.90 Å². The van der Waals surface area contributed by atoms with Crippen molar-refractivity contribution in [2.45, 2.75) is 12.5 Å². The molecule has 0 spiro atoms. The summed E-state index contributed by atoms with van der Waals surface area (Å²) in [5, 5.41) is 6.00. The fourth-order valence-corrected chi connectivity index (χ4v) is 4.30. The Kier molecular flexibility index (Phi) is 3.29. The summed E-state index contributed by atoms with van der Waals surface area (Å²) in [5.74, 6) is 0.431. The topological polar surface area (TPSA) is 78.5 Å². The number of carbonyl (C=O) groups is 1. The Bertz CT molecular complexity index is 630. The van der Waals surface area contributed by atoms with Gasteiger partial charge in [-0.05, 0) is 24.6 Å². The minimum Gasteiger partial charge on any atom is -0.381 e. The Morgan fingerprint density at radius 3 is 2.85 bits per heavy atom. The van der Waals surface area contributed by atoms with Gasteiger partial charge in [0.05, 0.1) is 11.5 Å². The Hall–Kier alpha value is -1.76. The largest absolute Gasteiger partial charge is 0.381 e. The average Bonchev–Trinajstić information content (AvgIpc) is 2.96. The van der Waals surface area contributed by atoms with Crippen molar-refractivity contribution in [3.8, 4) is 0 Å². The summed E-state index contributed by atoms with van der Waals surface area (Å²) in [6.45, 7) is 1.30. The van der Waals surface area contributed by atoms with Crippen molar-refractivity contribution in [1.82, 2.24) is 5.32 Å². The molecule has 6 nitrogen and oxygen atoms in total. The second kappa shape index (κ2) is 4.97. The number of urea groups is 1. The molecule has 2 saturated heterocycles. The molecule has 7 heteroatoms. The van der Waals surface area contributed by atoms with Gasteiger partial charge in [-0.25, -0.2) is 13.2 Å². The molecule has 2 N–H and O–H groups in total. The number of nitrogens with one attached hydrogen (secondary N) is 2. The Morgan fingerprint density at radius 1 is 1.35 bits per heavy atom. The monoisotopic (exact) mass is 295 g/mol. The van der Waals surface area contributed by atoms with Crippen LogP contribution in [-0.2, 0) is 9.84 Å². The van der Waals surface area contributed by atoms with Crippen LogP contribution in [0.1, 0.15) is 6.42 Å². The lowest BCUT2D eigenvalue weighted by atomic mass is 10.2. The van der Waals surface area contributed by atoms with E-state index in [1.54, 1.807) is 4.90 Å². The smallest absolute Gasteiger partial charge is 0.321 e. The lowest BCUT2D eigenvalue weighted by Gasteiger charge is -2.17. The molecule has 2 amide bonds. The number of sulfone groups is 1. The van der Waals surface area contributed by atoms with Gasteiger partial charge in [-0.1, -0.05) is 6.07 Å². The first-order chi connectivity index (χ1) is 9.53. The summed E-state index contributed by atoms with van der Waals surface area (Å²) in [6, 6.07) is 7.39. The van der Waals surface area contributed by atoms with Crippen LogP contribution >= 0.6 is 0 Å². The molecule has 108 valence electrons. The lowest BCUT2D eigenvalue weighted by molar-refractivity contribution is 0.252. The summed E-state index contributed by atoms with van der Waals surface area (Å²) in [4.78, 5) is 13.3. The summed E-state index contributed by atoms with van der Waals surface area (Å²) in [7, 11) is -2.89. The molecule has 2 fully saturated rings. The third-order valence-electron chi connectivity index (χ3n) is 3.62. The predicted octanol–water partition coefficient (Wildman–Crippen LogP) is 0.815. The van der Waals surface area contributed by atoms with Crippen molar-refractivity contribution in [3.63, 3.8) is 0 Å². The molecule has 0 aliphatic carbocycles. The molecule has 1 aromatic rings. The van der Waals surface area contributed by atoms with Crippen molar-refractivity contribution in [2.24, 2.45) is 0 Å². The predicted molar refractivity (Wildman–Crippen MR) is 77.9 cm³/mol. The van der Waals surface area contributed by atoms with E-state index in [1.807, 2.05) is 24.3 Å². The van der Waals surface area contributed by atoms with E-state index in [-0.39, 0.29) is 23.6 Å². The standard InChI is InChI=1S/C13H17N3O3S/c17-13-14-5-6-16(13)12-3-1-2-10(8-12)15-11-4-7-20(18,19)9-11/h1-3,8,11,15H,4-7,9H2,(H,14,17). The van der Waals surface area contributed by atoms with E-state index in [0.717, 1.165) is 11.4 Å². The second-order valence-corrected chi connectivity index (χ2v) is 7.41. The first-order valence-corrected chi connectivity index (χ1v) is 8.48. The number of hydrogen-bond donors (Lipinski definition) is 2. The molecule has 2 aliphatic heterocycles. The molecular formula is C13H17N3O3S. The summed E-state index contributed by atoms with van der Waals surface area (Å²) in [5.41, 5.74) is 1.68. The maximum absolute atomic E-state index is 11.6. The zero-order valence-corrected chi connectivity index (χ0v) is 11.8. The van der Waals surface area contributed by atoms with Gasteiger partial charge in [0.15, 0.2) is 9.84 Å². The fraction of sp³-hybridized carbons (Fsp3) is 0.462. The minimum absolute atomic E-state index is 0.0392. The van der Waals surface area contributed by atoms with Crippen LogP contribution in [0.15, 0.2) is 24.3 Å². The molecule has 0 radical (unpaired) electrons. The summed E-state index contributed by atoms with van der Waals surface area (Å²) >= 11 is 0. The average molecular weight is 295 g/mol. The fourth-order valence-electron chi connectivity index (χ4n) is 2.63. The van der Waals surface area contributed by atoms with Gasteiger partial charge >= 0.3 is 6.03 Å². The number of carbonyl (C=O) groups excluding carboxylic acids is 1. The number of hydrogen-bond acceptors (Lipinski definition) is 4. The van der Waals surface area contributed by atoms with Crippen LogP contribution in [0.3, 0.4) is 0 Å². The Labute approximate surface area is 118 Å². The van der Waals surface area contributed by atoms with Gasteiger partial charge < -0.3 is 10.6 Å². The molecule has 20 heavy (non-hydrogen) atoms. The van der Waals surface area contributed by atoms with Crippen molar-refractivity contribution < 1.29 is 13.2 Å². The van der Waals surface area contributed by atoms with E-state index in [2.05, 4.69) is 10.6 Å². The molecule has 2 aliphatic rings. The van der Waals surface area contributed by atoms with Crippen LogP contribution in [0, 0.1) is 0 Å². The van der Waals surface area contributed by atoms with Crippen LogP contribution in [0.5, 0.6) is 0 Å². The summed E-state index contributed by atoms with van der Waals surface area (Å²) in [6.07, 6.45) is 0.636. The van der Waals surface area contributed by atoms with E-state index >= 15 is 0 Å². The molecular weight excluding hydrogens is 278 g/mol. The number of rotatable bonds is 3. The van der Waals surface area contributed by atoms with Crippen molar-refractivity contribution >= 4 is 27.2 Å². The minimum atomic E-state index is -2.89. The van der Waals surface area contributed by atoms with Crippen LogP contribution in [0.25, 0.3) is 0 Å². The molecule has 0 saturated carbocycles. The van der Waals surface area contributed by atoms with Crippen LogP contribution in [-0.4, -0.2) is 45.1 Å². The van der Waals surface area contributed by atoms with Gasteiger partial charge in [0.25, 0.3) is 0 Å². The molecule has 3 rings (SSSR count). The maximum Gasteiger partial charge on any atom is 0.321 e. The summed E-state index contributed by atoms with van der Waals surface area (Å²) < 4.78 is 22.9. The molecule has 0 aromatic heterocycles. The van der Waals surface area contributed by atoms with Gasteiger partial charge in [0.2, 0.25) is 0 Å². The third-order valence-corrected chi connectivity index (χ3v) is 5.39. The van der Waals surface area contributed by atoms with Crippen molar-refractivity contribution in [1.29, 1.82) is 0 Å². The zero-order chi connectivity index (χ0) is 14.2. The number of amides is 2. The highest BCUT2D eigenvalue weighted by atomic mass is 32.2. The normalized spacial score (nSPS) is 24.7. The first kappa shape index (κ1) is 13.2. The number of benzene rings is 1. The molecule has 1 unspecified atom stereocenters. The van der Waals surface area contributed by atoms with E-state index in [4.69, 9.17) is 0 Å². The van der Waals surface area contributed by atoms with Crippen LogP contribution in [0.4, 0.5) is 16.2 Å². The lowest BCUT2D eigenvalue weighted by Crippen LogP contribution is -2.27. The van der Waals surface area contributed by atoms with Gasteiger partial charge in [0, 0.05) is 30.5 Å². The van der Waals surface area contributed by atoms with E-state index in [0.29, 0.717) is 19.5 Å². The van der Waals surface area contributed by atoms with E-state index in [1.165, 1.54) is 0 Å². The highest BCUT2D eigenvalue weighted by Gasteiger charge is 2.28. The van der Waals surface area contributed by atoms with Gasteiger partial charge in [0.1, 0.15) is 0 Å². The molecule has 0 bridgehead atoms. The van der Waals surface area contributed by atoms with E-state index < -0.39 is 9.84 Å². The quantitative estimate of drug-likeness (QED) is 0.865. The second-order valence-electron chi connectivity index (χ2n) is 5.18. The molecule has 2 heterocycles. The Balaban J connectivity index is 1.73. The van der Waals surface area contributed by atoms with Crippen molar-refractivity contribution in [3.05, 3.63) is 24.3 Å². The highest BCUT2D eigenvalue weighted by Crippen LogP contribution is 2.23. The molecule has 1 aromatic carbocycles.